The van der Waals surface area contributed by atoms with E-state index in [1.54, 1.807) is 32.4 Å². The maximum absolute atomic E-state index is 12.6. The van der Waals surface area contributed by atoms with Gasteiger partial charge in [-0.3, -0.25) is 9.89 Å². The van der Waals surface area contributed by atoms with Crippen LogP contribution in [-0.2, 0) is 6.54 Å². The number of hydrogen-bond acceptors (Lipinski definition) is 6. The molecule has 164 valence electrons. The van der Waals surface area contributed by atoms with Gasteiger partial charge in [-0.15, -0.1) is 0 Å². The van der Waals surface area contributed by atoms with E-state index in [4.69, 9.17) is 14.2 Å². The van der Waals surface area contributed by atoms with Gasteiger partial charge in [0.25, 0.3) is 5.91 Å². The molecule has 0 fully saturated rings. The van der Waals surface area contributed by atoms with Gasteiger partial charge in [0.1, 0.15) is 11.6 Å². The zero-order valence-electron chi connectivity index (χ0n) is 18.3. The number of carbonyl (C=O) groups excluding carboxylic acids is 1. The average molecular weight is 425 g/mol. The lowest BCUT2D eigenvalue weighted by atomic mass is 10.1. The third-order valence-corrected chi connectivity index (χ3v) is 4.67. The van der Waals surface area contributed by atoms with Gasteiger partial charge < -0.3 is 19.5 Å². The number of rotatable bonds is 10. The van der Waals surface area contributed by atoms with Crippen molar-refractivity contribution < 1.29 is 19.0 Å². The van der Waals surface area contributed by atoms with E-state index in [1.807, 2.05) is 24.3 Å². The van der Waals surface area contributed by atoms with Crippen LogP contribution in [0.3, 0.4) is 0 Å². The molecule has 0 bridgehead atoms. The number of nitrogens with one attached hydrogen (secondary N) is 2. The van der Waals surface area contributed by atoms with E-state index in [-0.39, 0.29) is 12.5 Å². The van der Waals surface area contributed by atoms with E-state index >= 15 is 0 Å². The fourth-order valence-corrected chi connectivity index (χ4v) is 2.84. The fraction of sp³-hybridized carbons (Fsp3) is 0.348. The van der Waals surface area contributed by atoms with E-state index in [1.165, 1.54) is 0 Å². The first-order valence-electron chi connectivity index (χ1n) is 10.1. The molecule has 0 saturated heterocycles. The highest BCUT2D eigenvalue weighted by Gasteiger charge is 2.13. The number of aromatic nitrogens is 3. The molecule has 0 aliphatic carbocycles. The highest BCUT2D eigenvalue weighted by molar-refractivity contribution is 5.94. The molecule has 0 unspecified atom stereocenters. The molecule has 0 spiro atoms. The van der Waals surface area contributed by atoms with Gasteiger partial charge in [-0.2, -0.15) is 5.10 Å². The standard InChI is InChI=1S/C23H28N4O4/c1-15(2)11-12-31-19-10-7-17(13-20(19)30-4)23(28)24-14-21-25-22(27-26-21)16-5-8-18(29-3)9-6-16/h5-10,13,15H,11-12,14H2,1-4H3,(H,24,28)(H,25,26,27). The van der Waals surface area contributed by atoms with E-state index in [2.05, 4.69) is 34.3 Å². The van der Waals surface area contributed by atoms with Gasteiger partial charge in [-0.05, 0) is 54.8 Å². The highest BCUT2D eigenvalue weighted by Crippen LogP contribution is 2.28. The quantitative estimate of drug-likeness (QED) is 0.513. The minimum atomic E-state index is -0.241. The van der Waals surface area contributed by atoms with Crippen LogP contribution in [0.1, 0.15) is 36.5 Å². The molecule has 2 N–H and O–H groups in total. The largest absolute Gasteiger partial charge is 0.497 e. The van der Waals surface area contributed by atoms with E-state index in [9.17, 15) is 4.79 Å². The maximum atomic E-state index is 12.6. The molecule has 0 aliphatic heterocycles. The van der Waals surface area contributed by atoms with Crippen LogP contribution in [0.5, 0.6) is 17.2 Å². The molecule has 8 heteroatoms. The third kappa shape index (κ3) is 5.97. The van der Waals surface area contributed by atoms with Crippen molar-refractivity contribution in [3.05, 3.63) is 53.9 Å². The molecule has 0 radical (unpaired) electrons. The molecule has 1 amide bonds. The van der Waals surface area contributed by atoms with Crippen LogP contribution < -0.4 is 19.5 Å². The van der Waals surface area contributed by atoms with E-state index in [0.29, 0.717) is 41.2 Å². The van der Waals surface area contributed by atoms with Crippen molar-refractivity contribution in [3.63, 3.8) is 0 Å². The summed E-state index contributed by atoms with van der Waals surface area (Å²) < 4.78 is 16.3. The number of nitrogens with zero attached hydrogens (tertiary/aromatic N) is 2. The smallest absolute Gasteiger partial charge is 0.251 e. The molecule has 0 atom stereocenters. The first-order chi connectivity index (χ1) is 15.0. The summed E-state index contributed by atoms with van der Waals surface area (Å²) in [5, 5.41) is 9.90. The lowest BCUT2D eigenvalue weighted by Crippen LogP contribution is -2.23. The van der Waals surface area contributed by atoms with Gasteiger partial charge in [0.05, 0.1) is 27.4 Å². The minimum absolute atomic E-state index is 0.219. The average Bonchev–Trinajstić information content (AvgIpc) is 3.26. The first kappa shape index (κ1) is 22.1. The molecule has 3 rings (SSSR count). The Morgan fingerprint density at radius 1 is 1.06 bits per heavy atom. The number of methoxy groups -OCH3 is 2. The van der Waals surface area contributed by atoms with Gasteiger partial charge in [0, 0.05) is 11.1 Å². The summed E-state index contributed by atoms with van der Waals surface area (Å²) in [4.78, 5) is 17.0. The third-order valence-electron chi connectivity index (χ3n) is 4.67. The number of carbonyl (C=O) groups is 1. The van der Waals surface area contributed by atoms with Crippen LogP contribution >= 0.6 is 0 Å². The summed E-state index contributed by atoms with van der Waals surface area (Å²) in [6, 6.07) is 12.6. The Morgan fingerprint density at radius 2 is 1.84 bits per heavy atom. The van der Waals surface area contributed by atoms with Crippen molar-refractivity contribution in [2.24, 2.45) is 5.92 Å². The number of aromatic amines is 1. The number of ether oxygens (including phenoxy) is 3. The van der Waals surface area contributed by atoms with Crippen molar-refractivity contribution in [2.45, 2.75) is 26.8 Å². The van der Waals surface area contributed by atoms with Gasteiger partial charge in [0.2, 0.25) is 0 Å². The molecule has 2 aromatic carbocycles. The minimum Gasteiger partial charge on any atom is -0.497 e. The van der Waals surface area contributed by atoms with Crippen molar-refractivity contribution in [1.82, 2.24) is 20.5 Å². The summed E-state index contributed by atoms with van der Waals surface area (Å²) >= 11 is 0. The number of amides is 1. The number of hydrogen-bond donors (Lipinski definition) is 2. The van der Waals surface area contributed by atoms with E-state index < -0.39 is 0 Å². The van der Waals surface area contributed by atoms with E-state index in [0.717, 1.165) is 17.7 Å². The van der Waals surface area contributed by atoms with Crippen molar-refractivity contribution in [2.75, 3.05) is 20.8 Å². The molecule has 1 aromatic heterocycles. The predicted octanol–water partition coefficient (Wildman–Crippen LogP) is 3.84. The SMILES string of the molecule is COc1ccc(-c2n[nH]c(CNC(=O)c3ccc(OCCC(C)C)c(OC)c3)n2)cc1. The van der Waals surface area contributed by atoms with Gasteiger partial charge >= 0.3 is 0 Å². The second-order valence-electron chi connectivity index (χ2n) is 7.41. The lowest BCUT2D eigenvalue weighted by Gasteiger charge is -2.13. The van der Waals surface area contributed by atoms with Crippen molar-refractivity contribution >= 4 is 5.91 Å². The molecule has 0 aliphatic rings. The summed E-state index contributed by atoms with van der Waals surface area (Å²) in [6.45, 7) is 5.10. The molecule has 3 aromatic rings. The van der Waals surface area contributed by atoms with Crippen molar-refractivity contribution in [1.29, 1.82) is 0 Å². The Kier molecular flexibility index (Phi) is 7.48. The van der Waals surface area contributed by atoms with Crippen LogP contribution in [0.2, 0.25) is 0 Å². The van der Waals surface area contributed by atoms with Crippen LogP contribution in [0.25, 0.3) is 11.4 Å². The Bertz CT molecular complexity index is 999. The maximum Gasteiger partial charge on any atom is 0.251 e. The fourth-order valence-electron chi connectivity index (χ4n) is 2.84. The highest BCUT2D eigenvalue weighted by atomic mass is 16.5. The number of H-pyrrole nitrogens is 1. The second kappa shape index (κ2) is 10.5. The molecule has 0 saturated carbocycles. The van der Waals surface area contributed by atoms with Gasteiger partial charge in [-0.1, -0.05) is 13.8 Å². The van der Waals surface area contributed by atoms with Gasteiger partial charge in [0.15, 0.2) is 17.3 Å². The second-order valence-corrected chi connectivity index (χ2v) is 7.41. The molecular formula is C23H28N4O4. The predicted molar refractivity (Wildman–Crippen MR) is 117 cm³/mol. The molecular weight excluding hydrogens is 396 g/mol. The topological polar surface area (TPSA) is 98.4 Å². The molecule has 8 nitrogen and oxygen atoms in total. The Labute approximate surface area is 181 Å². The molecule has 1 heterocycles. The van der Waals surface area contributed by atoms with Gasteiger partial charge in [-0.25, -0.2) is 4.98 Å². The van der Waals surface area contributed by atoms with Crippen LogP contribution in [-0.4, -0.2) is 41.9 Å². The summed E-state index contributed by atoms with van der Waals surface area (Å²) in [6.07, 6.45) is 0.946. The Hall–Kier alpha value is -3.55. The monoisotopic (exact) mass is 424 g/mol. The summed E-state index contributed by atoms with van der Waals surface area (Å²) in [7, 11) is 3.17. The number of benzene rings is 2. The molecule has 31 heavy (non-hydrogen) atoms. The van der Waals surface area contributed by atoms with Crippen molar-refractivity contribution in [3.8, 4) is 28.6 Å². The lowest BCUT2D eigenvalue weighted by molar-refractivity contribution is 0.0949. The van der Waals surface area contributed by atoms with Crippen LogP contribution in [0.4, 0.5) is 0 Å². The first-order valence-corrected chi connectivity index (χ1v) is 10.1. The zero-order valence-corrected chi connectivity index (χ0v) is 18.3. The van der Waals surface area contributed by atoms with Crippen LogP contribution in [0.15, 0.2) is 42.5 Å². The zero-order chi connectivity index (χ0) is 22.2. The Balaban J connectivity index is 1.59. The van der Waals surface area contributed by atoms with Crippen LogP contribution in [0, 0.1) is 5.92 Å². The summed E-state index contributed by atoms with van der Waals surface area (Å²) in [5.74, 6) is 3.33. The Morgan fingerprint density at radius 3 is 2.52 bits per heavy atom. The normalized spacial score (nSPS) is 10.7. The summed E-state index contributed by atoms with van der Waals surface area (Å²) in [5.41, 5.74) is 1.33.